The van der Waals surface area contributed by atoms with Crippen molar-refractivity contribution in [2.45, 2.75) is 45.8 Å². The zero-order chi connectivity index (χ0) is 15.4. The van der Waals surface area contributed by atoms with Crippen LogP contribution in [0.2, 0.25) is 5.02 Å². The van der Waals surface area contributed by atoms with E-state index in [0.29, 0.717) is 6.04 Å². The van der Waals surface area contributed by atoms with Crippen LogP contribution in [0.3, 0.4) is 0 Å². The Morgan fingerprint density at radius 2 is 2.24 bits per heavy atom. The third-order valence-corrected chi connectivity index (χ3v) is 3.99. The van der Waals surface area contributed by atoms with E-state index >= 15 is 0 Å². The van der Waals surface area contributed by atoms with E-state index < -0.39 is 0 Å². The lowest BCUT2D eigenvalue weighted by Crippen LogP contribution is -2.36. The van der Waals surface area contributed by atoms with Crippen LogP contribution in [-0.4, -0.2) is 31.1 Å². The molecule has 1 aliphatic rings. The van der Waals surface area contributed by atoms with E-state index in [1.54, 1.807) is 6.92 Å². The first-order valence-electron chi connectivity index (χ1n) is 7.50. The molecule has 4 nitrogen and oxygen atoms in total. The molecule has 2 rings (SSSR count). The Labute approximate surface area is 131 Å². The fraction of sp³-hybridized carbons (Fsp3) is 0.562. The van der Waals surface area contributed by atoms with Crippen LogP contribution in [0.4, 0.5) is 5.69 Å². The van der Waals surface area contributed by atoms with E-state index in [2.05, 4.69) is 35.4 Å². The summed E-state index contributed by atoms with van der Waals surface area (Å²) in [7, 11) is 0. The van der Waals surface area contributed by atoms with E-state index in [4.69, 9.17) is 11.6 Å². The predicted molar refractivity (Wildman–Crippen MR) is 87.9 cm³/mol. The molecule has 0 radical (unpaired) electrons. The summed E-state index contributed by atoms with van der Waals surface area (Å²) in [6, 6.07) is 6.68. The highest BCUT2D eigenvalue weighted by molar-refractivity contribution is 6.33. The van der Waals surface area contributed by atoms with Crippen molar-refractivity contribution in [2.24, 2.45) is 0 Å². The summed E-state index contributed by atoms with van der Waals surface area (Å²) in [6.45, 7) is 8.37. The molecule has 1 aromatic rings. The number of carbonyl (C=O) groups is 1. The molecule has 1 amide bonds. The van der Waals surface area contributed by atoms with Crippen molar-refractivity contribution in [3.8, 4) is 0 Å². The Kier molecular flexibility index (Phi) is 5.48. The lowest BCUT2D eigenvalue weighted by molar-refractivity contribution is -0.119. The quantitative estimate of drug-likeness (QED) is 0.878. The standard InChI is InChI=1S/C16H24ClN3O/c1-11(2)18-9-13-5-4-6-15(17)16(13)20-8-7-14(10-20)19-12(3)21/h4-6,11,14,18H,7-10H2,1-3H3,(H,19,21). The lowest BCUT2D eigenvalue weighted by Gasteiger charge is -2.24. The third kappa shape index (κ3) is 4.35. The van der Waals surface area contributed by atoms with Crippen molar-refractivity contribution in [3.05, 3.63) is 28.8 Å². The minimum Gasteiger partial charge on any atom is -0.368 e. The highest BCUT2D eigenvalue weighted by Gasteiger charge is 2.26. The molecule has 1 fully saturated rings. The smallest absolute Gasteiger partial charge is 0.217 e. The molecule has 1 heterocycles. The molecule has 1 atom stereocenters. The fourth-order valence-electron chi connectivity index (χ4n) is 2.74. The number of anilines is 1. The molecule has 2 N–H and O–H groups in total. The van der Waals surface area contributed by atoms with Crippen LogP contribution in [0.1, 0.15) is 32.8 Å². The zero-order valence-electron chi connectivity index (χ0n) is 12.9. The van der Waals surface area contributed by atoms with Crippen molar-refractivity contribution in [1.82, 2.24) is 10.6 Å². The molecule has 1 unspecified atom stereocenters. The van der Waals surface area contributed by atoms with E-state index in [0.717, 1.165) is 36.8 Å². The Morgan fingerprint density at radius 3 is 2.90 bits per heavy atom. The second kappa shape index (κ2) is 7.14. The Hall–Kier alpha value is -1.26. The highest BCUT2D eigenvalue weighted by Crippen LogP contribution is 2.32. The summed E-state index contributed by atoms with van der Waals surface area (Å²) in [4.78, 5) is 13.5. The molecule has 0 bridgehead atoms. The van der Waals surface area contributed by atoms with Gasteiger partial charge in [0.15, 0.2) is 0 Å². The van der Waals surface area contributed by atoms with Gasteiger partial charge in [0.2, 0.25) is 5.91 Å². The Bertz CT molecular complexity index is 504. The van der Waals surface area contributed by atoms with Crippen molar-refractivity contribution in [1.29, 1.82) is 0 Å². The van der Waals surface area contributed by atoms with Gasteiger partial charge >= 0.3 is 0 Å². The minimum atomic E-state index is 0.0303. The summed E-state index contributed by atoms with van der Waals surface area (Å²) in [5.41, 5.74) is 2.31. The molecule has 116 valence electrons. The molecule has 1 saturated heterocycles. The summed E-state index contributed by atoms with van der Waals surface area (Å²) in [5, 5.41) is 7.21. The van der Waals surface area contributed by atoms with Gasteiger partial charge in [0.1, 0.15) is 0 Å². The van der Waals surface area contributed by atoms with Gasteiger partial charge in [-0.05, 0) is 18.1 Å². The van der Waals surface area contributed by atoms with Gasteiger partial charge in [0.05, 0.1) is 10.7 Å². The van der Waals surface area contributed by atoms with Gasteiger partial charge in [-0.25, -0.2) is 0 Å². The predicted octanol–water partition coefficient (Wildman–Crippen LogP) is 2.55. The molecule has 21 heavy (non-hydrogen) atoms. The number of nitrogens with zero attached hydrogens (tertiary/aromatic N) is 1. The topological polar surface area (TPSA) is 44.4 Å². The molecule has 0 saturated carbocycles. The minimum absolute atomic E-state index is 0.0303. The maximum absolute atomic E-state index is 11.2. The zero-order valence-corrected chi connectivity index (χ0v) is 13.7. The molecule has 0 aliphatic carbocycles. The lowest BCUT2D eigenvalue weighted by atomic mass is 10.1. The van der Waals surface area contributed by atoms with Crippen LogP contribution in [0, 0.1) is 0 Å². The van der Waals surface area contributed by atoms with Crippen molar-refractivity contribution < 1.29 is 4.79 Å². The van der Waals surface area contributed by atoms with E-state index in [9.17, 15) is 4.79 Å². The van der Waals surface area contributed by atoms with Crippen LogP contribution in [0.15, 0.2) is 18.2 Å². The SMILES string of the molecule is CC(=O)NC1CCN(c2c(Cl)cccc2CNC(C)C)C1. The van der Waals surface area contributed by atoms with Gasteiger partial charge in [-0.15, -0.1) is 0 Å². The molecule has 0 aromatic heterocycles. The number of hydrogen-bond acceptors (Lipinski definition) is 3. The number of rotatable bonds is 5. The molecular weight excluding hydrogens is 286 g/mol. The molecule has 1 aliphatic heterocycles. The molecule has 0 spiro atoms. The first-order chi connectivity index (χ1) is 9.97. The van der Waals surface area contributed by atoms with Crippen LogP contribution >= 0.6 is 11.6 Å². The number of nitrogens with one attached hydrogen (secondary N) is 2. The largest absolute Gasteiger partial charge is 0.368 e. The number of halogens is 1. The highest BCUT2D eigenvalue weighted by atomic mass is 35.5. The Morgan fingerprint density at radius 1 is 1.48 bits per heavy atom. The van der Waals surface area contributed by atoms with Gasteiger partial charge in [-0.1, -0.05) is 37.6 Å². The summed E-state index contributed by atoms with van der Waals surface area (Å²) in [6.07, 6.45) is 0.960. The van der Waals surface area contributed by atoms with Gasteiger partial charge in [0.25, 0.3) is 0 Å². The Balaban J connectivity index is 2.13. The number of para-hydroxylation sites is 1. The van der Waals surface area contributed by atoms with Gasteiger partial charge < -0.3 is 15.5 Å². The molecule has 1 aromatic carbocycles. The monoisotopic (exact) mass is 309 g/mol. The van der Waals surface area contributed by atoms with E-state index in [1.165, 1.54) is 5.56 Å². The van der Waals surface area contributed by atoms with Crippen LogP contribution in [-0.2, 0) is 11.3 Å². The van der Waals surface area contributed by atoms with E-state index in [1.807, 2.05) is 12.1 Å². The number of hydrogen-bond donors (Lipinski definition) is 2. The fourth-order valence-corrected chi connectivity index (χ4v) is 3.05. The average Bonchev–Trinajstić information content (AvgIpc) is 2.83. The normalized spacial score (nSPS) is 18.3. The number of carbonyl (C=O) groups excluding carboxylic acids is 1. The average molecular weight is 310 g/mol. The van der Waals surface area contributed by atoms with Crippen LogP contribution in [0.25, 0.3) is 0 Å². The first-order valence-corrected chi connectivity index (χ1v) is 7.88. The first kappa shape index (κ1) is 16.1. The van der Waals surface area contributed by atoms with Crippen LogP contribution < -0.4 is 15.5 Å². The second-order valence-corrected chi connectivity index (χ2v) is 6.32. The molecule has 5 heteroatoms. The summed E-state index contributed by atoms with van der Waals surface area (Å²) < 4.78 is 0. The number of amides is 1. The van der Waals surface area contributed by atoms with Gasteiger partial charge in [-0.2, -0.15) is 0 Å². The summed E-state index contributed by atoms with van der Waals surface area (Å²) in [5.74, 6) is 0.0303. The van der Waals surface area contributed by atoms with Crippen molar-refractivity contribution in [3.63, 3.8) is 0 Å². The maximum atomic E-state index is 11.2. The maximum Gasteiger partial charge on any atom is 0.217 e. The third-order valence-electron chi connectivity index (χ3n) is 3.68. The number of benzene rings is 1. The molecular formula is C16H24ClN3O. The van der Waals surface area contributed by atoms with Crippen molar-refractivity contribution in [2.75, 3.05) is 18.0 Å². The van der Waals surface area contributed by atoms with Crippen LogP contribution in [0.5, 0.6) is 0 Å². The van der Waals surface area contributed by atoms with Crippen molar-refractivity contribution >= 4 is 23.2 Å². The second-order valence-electron chi connectivity index (χ2n) is 5.92. The summed E-state index contributed by atoms with van der Waals surface area (Å²) >= 11 is 6.42. The van der Waals surface area contributed by atoms with E-state index in [-0.39, 0.29) is 11.9 Å². The van der Waals surface area contributed by atoms with Gasteiger partial charge in [0, 0.05) is 38.6 Å². The van der Waals surface area contributed by atoms with Gasteiger partial charge in [-0.3, -0.25) is 4.79 Å².